The van der Waals surface area contributed by atoms with Crippen LogP contribution in [0.4, 0.5) is 5.69 Å². The van der Waals surface area contributed by atoms with Gasteiger partial charge in [-0.05, 0) is 24.3 Å². The van der Waals surface area contributed by atoms with E-state index >= 15 is 0 Å². The van der Waals surface area contributed by atoms with Crippen LogP contribution in [0.3, 0.4) is 0 Å². The SMILES string of the molecule is COC(=O)c1ccc(NCc2cnc(Cl)s2)cc1. The van der Waals surface area contributed by atoms with Crippen molar-refractivity contribution in [3.8, 4) is 0 Å². The summed E-state index contributed by atoms with van der Waals surface area (Å²) in [6.07, 6.45) is 1.74. The number of methoxy groups -OCH3 is 1. The molecule has 94 valence electrons. The van der Waals surface area contributed by atoms with Crippen molar-refractivity contribution in [2.75, 3.05) is 12.4 Å². The summed E-state index contributed by atoms with van der Waals surface area (Å²) in [6, 6.07) is 7.09. The maximum atomic E-state index is 11.2. The Morgan fingerprint density at radius 2 is 2.17 bits per heavy atom. The highest BCUT2D eigenvalue weighted by Crippen LogP contribution is 2.19. The Hall–Kier alpha value is -1.59. The van der Waals surface area contributed by atoms with Crippen LogP contribution in [0.5, 0.6) is 0 Å². The highest BCUT2D eigenvalue weighted by atomic mass is 35.5. The normalized spacial score (nSPS) is 10.1. The van der Waals surface area contributed by atoms with E-state index in [9.17, 15) is 4.79 Å². The summed E-state index contributed by atoms with van der Waals surface area (Å²) in [7, 11) is 1.36. The molecule has 0 aliphatic heterocycles. The molecule has 4 nitrogen and oxygen atoms in total. The molecule has 2 rings (SSSR count). The number of ether oxygens (including phenoxy) is 1. The van der Waals surface area contributed by atoms with Crippen molar-refractivity contribution in [3.05, 3.63) is 45.4 Å². The first-order valence-corrected chi connectivity index (χ1v) is 6.41. The molecular weight excluding hydrogens is 272 g/mol. The number of carbonyl (C=O) groups excluding carboxylic acids is 1. The zero-order chi connectivity index (χ0) is 13.0. The van der Waals surface area contributed by atoms with E-state index in [-0.39, 0.29) is 5.97 Å². The number of thiazole rings is 1. The Kier molecular flexibility index (Phi) is 4.17. The largest absolute Gasteiger partial charge is 0.465 e. The Morgan fingerprint density at radius 3 is 2.72 bits per heavy atom. The summed E-state index contributed by atoms with van der Waals surface area (Å²) in [5.74, 6) is -0.337. The van der Waals surface area contributed by atoms with E-state index in [0.29, 0.717) is 16.6 Å². The number of anilines is 1. The highest BCUT2D eigenvalue weighted by molar-refractivity contribution is 7.15. The molecule has 1 heterocycles. The lowest BCUT2D eigenvalue weighted by molar-refractivity contribution is 0.0601. The minimum atomic E-state index is -0.337. The number of carbonyl (C=O) groups is 1. The van der Waals surface area contributed by atoms with Crippen LogP contribution < -0.4 is 5.32 Å². The summed E-state index contributed by atoms with van der Waals surface area (Å²) in [6.45, 7) is 0.655. The Balaban J connectivity index is 1.96. The smallest absolute Gasteiger partial charge is 0.337 e. The molecule has 0 amide bonds. The topological polar surface area (TPSA) is 51.2 Å². The first-order valence-electron chi connectivity index (χ1n) is 5.21. The van der Waals surface area contributed by atoms with Crippen molar-refractivity contribution in [3.63, 3.8) is 0 Å². The van der Waals surface area contributed by atoms with Crippen molar-refractivity contribution in [1.82, 2.24) is 4.98 Å². The first kappa shape index (κ1) is 12.9. The van der Waals surface area contributed by atoms with Crippen LogP contribution in [0.15, 0.2) is 30.5 Å². The van der Waals surface area contributed by atoms with E-state index in [1.165, 1.54) is 18.4 Å². The van der Waals surface area contributed by atoms with E-state index in [1.54, 1.807) is 18.3 Å². The van der Waals surface area contributed by atoms with Gasteiger partial charge in [-0.15, -0.1) is 11.3 Å². The molecule has 6 heteroatoms. The quantitative estimate of drug-likeness (QED) is 0.875. The zero-order valence-corrected chi connectivity index (χ0v) is 11.2. The van der Waals surface area contributed by atoms with E-state index in [1.807, 2.05) is 12.1 Å². The van der Waals surface area contributed by atoms with Gasteiger partial charge < -0.3 is 10.1 Å². The van der Waals surface area contributed by atoms with Crippen molar-refractivity contribution in [1.29, 1.82) is 0 Å². The summed E-state index contributed by atoms with van der Waals surface area (Å²) >= 11 is 7.18. The summed E-state index contributed by atoms with van der Waals surface area (Å²) < 4.78 is 5.16. The molecule has 0 saturated carbocycles. The van der Waals surface area contributed by atoms with Crippen LogP contribution in [0.1, 0.15) is 15.2 Å². The van der Waals surface area contributed by atoms with Gasteiger partial charge in [0.25, 0.3) is 0 Å². The van der Waals surface area contributed by atoms with Gasteiger partial charge in [0.05, 0.1) is 19.2 Å². The average Bonchev–Trinajstić information content (AvgIpc) is 2.82. The number of rotatable bonds is 4. The van der Waals surface area contributed by atoms with Crippen LogP contribution >= 0.6 is 22.9 Å². The predicted molar refractivity (Wildman–Crippen MR) is 72.2 cm³/mol. The molecule has 0 saturated heterocycles. The van der Waals surface area contributed by atoms with Gasteiger partial charge in [-0.1, -0.05) is 11.6 Å². The monoisotopic (exact) mass is 282 g/mol. The fourth-order valence-electron chi connectivity index (χ4n) is 1.40. The number of benzene rings is 1. The van der Waals surface area contributed by atoms with Crippen molar-refractivity contribution < 1.29 is 9.53 Å². The van der Waals surface area contributed by atoms with E-state index in [0.717, 1.165) is 10.6 Å². The van der Waals surface area contributed by atoms with Crippen LogP contribution in [0.25, 0.3) is 0 Å². The molecule has 0 bridgehead atoms. The predicted octanol–water partition coefficient (Wildman–Crippen LogP) is 3.20. The van der Waals surface area contributed by atoms with Crippen LogP contribution in [0.2, 0.25) is 4.47 Å². The summed E-state index contributed by atoms with van der Waals surface area (Å²) in [4.78, 5) is 16.3. The van der Waals surface area contributed by atoms with Crippen molar-refractivity contribution >= 4 is 34.6 Å². The molecule has 1 aromatic heterocycles. The van der Waals surface area contributed by atoms with Gasteiger partial charge in [-0.3, -0.25) is 0 Å². The minimum Gasteiger partial charge on any atom is -0.465 e. The average molecular weight is 283 g/mol. The molecule has 0 atom stereocenters. The molecule has 0 fully saturated rings. The summed E-state index contributed by atoms with van der Waals surface area (Å²) in [5, 5.41) is 3.22. The number of aromatic nitrogens is 1. The second-order valence-corrected chi connectivity index (χ2v) is 5.20. The van der Waals surface area contributed by atoms with Gasteiger partial charge in [0.15, 0.2) is 4.47 Å². The molecule has 1 N–H and O–H groups in total. The van der Waals surface area contributed by atoms with Crippen LogP contribution in [-0.2, 0) is 11.3 Å². The third kappa shape index (κ3) is 3.21. The van der Waals surface area contributed by atoms with Crippen LogP contribution in [-0.4, -0.2) is 18.1 Å². The van der Waals surface area contributed by atoms with E-state index in [2.05, 4.69) is 15.0 Å². The van der Waals surface area contributed by atoms with Gasteiger partial charge in [0.1, 0.15) is 0 Å². The molecule has 1 aromatic carbocycles. The number of esters is 1. The summed E-state index contributed by atoms with van der Waals surface area (Å²) in [5.41, 5.74) is 1.45. The third-order valence-electron chi connectivity index (χ3n) is 2.30. The minimum absolute atomic E-state index is 0.337. The maximum absolute atomic E-state index is 11.2. The number of hydrogen-bond acceptors (Lipinski definition) is 5. The van der Waals surface area contributed by atoms with Gasteiger partial charge >= 0.3 is 5.97 Å². The lowest BCUT2D eigenvalue weighted by Gasteiger charge is -2.05. The Morgan fingerprint density at radius 1 is 1.44 bits per heavy atom. The molecule has 0 aliphatic rings. The molecule has 0 radical (unpaired) electrons. The maximum Gasteiger partial charge on any atom is 0.337 e. The molecule has 18 heavy (non-hydrogen) atoms. The fourth-order valence-corrected chi connectivity index (χ4v) is 2.31. The van der Waals surface area contributed by atoms with Crippen LogP contribution in [0, 0.1) is 0 Å². The van der Waals surface area contributed by atoms with E-state index in [4.69, 9.17) is 11.6 Å². The first-order chi connectivity index (χ1) is 8.69. The standard InChI is InChI=1S/C12H11ClN2O2S/c1-17-11(16)8-2-4-9(5-3-8)14-6-10-7-15-12(13)18-10/h2-5,7,14H,6H2,1H3. The zero-order valence-electron chi connectivity index (χ0n) is 9.64. The third-order valence-corrected chi connectivity index (χ3v) is 3.41. The number of hydrogen-bond donors (Lipinski definition) is 1. The van der Waals surface area contributed by atoms with Gasteiger partial charge in [0.2, 0.25) is 0 Å². The lowest BCUT2D eigenvalue weighted by Crippen LogP contribution is -2.02. The van der Waals surface area contributed by atoms with Gasteiger partial charge in [-0.2, -0.15) is 0 Å². The Labute approximate surface area is 114 Å². The molecule has 0 spiro atoms. The van der Waals surface area contributed by atoms with E-state index < -0.39 is 0 Å². The van der Waals surface area contributed by atoms with Gasteiger partial charge in [0, 0.05) is 16.8 Å². The van der Waals surface area contributed by atoms with Gasteiger partial charge in [-0.25, -0.2) is 9.78 Å². The highest BCUT2D eigenvalue weighted by Gasteiger charge is 2.04. The fraction of sp³-hybridized carbons (Fsp3) is 0.167. The molecular formula is C12H11ClN2O2S. The number of halogens is 1. The lowest BCUT2D eigenvalue weighted by atomic mass is 10.2. The molecule has 0 unspecified atom stereocenters. The second kappa shape index (κ2) is 5.84. The number of nitrogens with one attached hydrogen (secondary N) is 1. The molecule has 2 aromatic rings. The number of nitrogens with zero attached hydrogens (tertiary/aromatic N) is 1. The van der Waals surface area contributed by atoms with Crippen molar-refractivity contribution in [2.24, 2.45) is 0 Å². The Bertz CT molecular complexity index is 539. The van der Waals surface area contributed by atoms with Crippen molar-refractivity contribution in [2.45, 2.75) is 6.54 Å². The second-order valence-electron chi connectivity index (χ2n) is 3.50. The molecule has 0 aliphatic carbocycles.